The fourth-order valence-corrected chi connectivity index (χ4v) is 3.69. The Labute approximate surface area is 124 Å². The van der Waals surface area contributed by atoms with Gasteiger partial charge in [-0.15, -0.1) is 0 Å². The van der Waals surface area contributed by atoms with Crippen molar-refractivity contribution < 1.29 is 4.79 Å². The molecule has 1 saturated heterocycles. The van der Waals surface area contributed by atoms with Gasteiger partial charge in [-0.25, -0.2) is 0 Å². The van der Waals surface area contributed by atoms with Crippen molar-refractivity contribution in [1.82, 2.24) is 4.90 Å². The Balaban J connectivity index is 1.67. The highest BCUT2D eigenvalue weighted by atomic mass is 35.5. The number of nitrogen functional groups attached to an aromatic ring is 1. The van der Waals surface area contributed by atoms with Crippen LogP contribution < -0.4 is 11.1 Å². The molecule has 2 fully saturated rings. The zero-order valence-electron chi connectivity index (χ0n) is 11.6. The summed E-state index contributed by atoms with van der Waals surface area (Å²) in [5, 5.41) is 3.39. The number of nitrogens with two attached hydrogens (primary N) is 1. The summed E-state index contributed by atoms with van der Waals surface area (Å²) in [6.07, 6.45) is 3.80. The number of anilines is 2. The van der Waals surface area contributed by atoms with Crippen LogP contribution in [0.3, 0.4) is 0 Å². The second kappa shape index (κ2) is 5.26. The second-order valence-corrected chi connectivity index (χ2v) is 6.34. The van der Waals surface area contributed by atoms with Crippen LogP contribution in [0.4, 0.5) is 11.4 Å². The summed E-state index contributed by atoms with van der Waals surface area (Å²) in [4.78, 5) is 14.7. The third-order valence-electron chi connectivity index (χ3n) is 4.58. The molecule has 108 valence electrons. The summed E-state index contributed by atoms with van der Waals surface area (Å²) in [5.41, 5.74) is 6.88. The molecule has 3 atom stereocenters. The standard InChI is InChI=1S/C15H20ClN3O/c1-9(19-8-10-2-4-12(19)6-10)15(20)18-14-5-3-11(17)7-13(14)16/h3,5,7,9-10,12H,2,4,6,8,17H2,1H3,(H,18,20). The zero-order valence-corrected chi connectivity index (χ0v) is 12.4. The molecule has 0 aromatic heterocycles. The second-order valence-electron chi connectivity index (χ2n) is 5.93. The third-order valence-corrected chi connectivity index (χ3v) is 4.89. The number of fused-ring (bicyclic) bond motifs is 2. The number of rotatable bonds is 3. The highest BCUT2D eigenvalue weighted by Gasteiger charge is 2.41. The first-order valence-corrected chi connectivity index (χ1v) is 7.54. The first-order valence-electron chi connectivity index (χ1n) is 7.16. The Morgan fingerprint density at radius 2 is 2.30 bits per heavy atom. The van der Waals surface area contributed by atoms with Gasteiger partial charge < -0.3 is 11.1 Å². The van der Waals surface area contributed by atoms with E-state index in [0.717, 1.165) is 12.5 Å². The Bertz CT molecular complexity index is 534. The molecule has 1 aliphatic heterocycles. The quantitative estimate of drug-likeness (QED) is 0.843. The molecule has 0 radical (unpaired) electrons. The van der Waals surface area contributed by atoms with E-state index in [9.17, 15) is 4.79 Å². The number of likely N-dealkylation sites (tertiary alicyclic amines) is 1. The van der Waals surface area contributed by atoms with Crippen LogP contribution in [0.25, 0.3) is 0 Å². The number of halogens is 1. The lowest BCUT2D eigenvalue weighted by Gasteiger charge is -2.31. The molecular formula is C15H20ClN3O. The Morgan fingerprint density at radius 1 is 1.50 bits per heavy atom. The zero-order chi connectivity index (χ0) is 14.3. The first kappa shape index (κ1) is 13.7. The number of nitrogens with zero attached hydrogens (tertiary/aromatic N) is 1. The molecule has 20 heavy (non-hydrogen) atoms. The number of piperidine rings is 1. The fraction of sp³-hybridized carbons (Fsp3) is 0.533. The average molecular weight is 294 g/mol. The molecule has 1 aliphatic carbocycles. The van der Waals surface area contributed by atoms with Crippen molar-refractivity contribution >= 4 is 28.9 Å². The summed E-state index contributed by atoms with van der Waals surface area (Å²) in [6.45, 7) is 3.02. The van der Waals surface area contributed by atoms with Crippen LogP contribution in [0.1, 0.15) is 26.2 Å². The first-order chi connectivity index (χ1) is 9.54. The summed E-state index contributed by atoms with van der Waals surface area (Å²) in [5.74, 6) is 0.791. The van der Waals surface area contributed by atoms with Gasteiger partial charge in [0.1, 0.15) is 0 Å². The normalized spacial score (nSPS) is 26.7. The van der Waals surface area contributed by atoms with Crippen LogP contribution in [-0.4, -0.2) is 29.4 Å². The van der Waals surface area contributed by atoms with Crippen molar-refractivity contribution in [1.29, 1.82) is 0 Å². The van der Waals surface area contributed by atoms with Gasteiger partial charge in [0.2, 0.25) is 5.91 Å². The number of nitrogens with one attached hydrogen (secondary N) is 1. The highest BCUT2D eigenvalue weighted by Crippen LogP contribution is 2.38. The molecule has 1 aromatic carbocycles. The lowest BCUT2D eigenvalue weighted by atomic mass is 10.1. The van der Waals surface area contributed by atoms with Crippen LogP contribution in [0.15, 0.2) is 18.2 Å². The molecule has 1 saturated carbocycles. The van der Waals surface area contributed by atoms with Crippen molar-refractivity contribution in [3.05, 3.63) is 23.2 Å². The number of carbonyl (C=O) groups excluding carboxylic acids is 1. The number of benzene rings is 1. The van der Waals surface area contributed by atoms with Gasteiger partial charge in [-0.05, 0) is 50.3 Å². The van der Waals surface area contributed by atoms with Crippen LogP contribution in [0.5, 0.6) is 0 Å². The van der Waals surface area contributed by atoms with E-state index in [2.05, 4.69) is 10.2 Å². The van der Waals surface area contributed by atoms with Crippen LogP contribution in [-0.2, 0) is 4.79 Å². The Kier molecular flexibility index (Phi) is 3.61. The molecule has 3 rings (SSSR count). The number of amides is 1. The van der Waals surface area contributed by atoms with Gasteiger partial charge >= 0.3 is 0 Å². The molecule has 0 spiro atoms. The van der Waals surface area contributed by atoms with Crippen LogP contribution in [0, 0.1) is 5.92 Å². The molecule has 5 heteroatoms. The predicted octanol–water partition coefficient (Wildman–Crippen LogP) is 2.73. The number of carbonyl (C=O) groups is 1. The number of hydrogen-bond acceptors (Lipinski definition) is 3. The number of hydrogen-bond donors (Lipinski definition) is 2. The summed E-state index contributed by atoms with van der Waals surface area (Å²) in [6, 6.07) is 5.61. The Morgan fingerprint density at radius 3 is 2.90 bits per heavy atom. The lowest BCUT2D eigenvalue weighted by molar-refractivity contribution is -0.121. The van der Waals surface area contributed by atoms with Gasteiger partial charge in [0.15, 0.2) is 0 Å². The van der Waals surface area contributed by atoms with Gasteiger partial charge in [-0.2, -0.15) is 0 Å². The predicted molar refractivity (Wildman–Crippen MR) is 81.8 cm³/mol. The summed E-state index contributed by atoms with van der Waals surface area (Å²) >= 11 is 6.09. The van der Waals surface area contributed by atoms with E-state index in [1.54, 1.807) is 18.2 Å². The lowest BCUT2D eigenvalue weighted by Crippen LogP contribution is -2.46. The van der Waals surface area contributed by atoms with Crippen molar-refractivity contribution in [3.63, 3.8) is 0 Å². The van der Waals surface area contributed by atoms with E-state index < -0.39 is 0 Å². The summed E-state index contributed by atoms with van der Waals surface area (Å²) in [7, 11) is 0. The van der Waals surface area contributed by atoms with E-state index in [0.29, 0.717) is 22.4 Å². The van der Waals surface area contributed by atoms with E-state index in [1.807, 2.05) is 6.92 Å². The minimum absolute atomic E-state index is 0.00391. The van der Waals surface area contributed by atoms with E-state index in [-0.39, 0.29) is 11.9 Å². The Hall–Kier alpha value is -1.26. The molecule has 2 aliphatic rings. The van der Waals surface area contributed by atoms with E-state index in [4.69, 9.17) is 17.3 Å². The molecule has 1 amide bonds. The minimum Gasteiger partial charge on any atom is -0.399 e. The molecule has 4 nitrogen and oxygen atoms in total. The maximum Gasteiger partial charge on any atom is 0.241 e. The smallest absolute Gasteiger partial charge is 0.241 e. The van der Waals surface area contributed by atoms with Crippen LogP contribution >= 0.6 is 11.6 Å². The van der Waals surface area contributed by atoms with Gasteiger partial charge in [-0.3, -0.25) is 9.69 Å². The molecule has 1 heterocycles. The SMILES string of the molecule is CC(C(=O)Nc1ccc(N)cc1Cl)N1CC2CCC1C2. The van der Waals surface area contributed by atoms with Crippen molar-refractivity contribution in [2.24, 2.45) is 5.92 Å². The minimum atomic E-state index is -0.112. The van der Waals surface area contributed by atoms with Gasteiger partial charge in [0.05, 0.1) is 16.8 Å². The van der Waals surface area contributed by atoms with Crippen molar-refractivity contribution in [2.45, 2.75) is 38.3 Å². The largest absolute Gasteiger partial charge is 0.399 e. The maximum absolute atomic E-state index is 12.4. The fourth-order valence-electron chi connectivity index (χ4n) is 3.46. The molecule has 1 aromatic rings. The van der Waals surface area contributed by atoms with Gasteiger partial charge in [0, 0.05) is 18.3 Å². The molecule has 3 unspecified atom stereocenters. The average Bonchev–Trinajstić information content (AvgIpc) is 3.03. The molecule has 3 N–H and O–H groups in total. The topological polar surface area (TPSA) is 58.4 Å². The van der Waals surface area contributed by atoms with Crippen LogP contribution in [0.2, 0.25) is 5.02 Å². The third kappa shape index (κ3) is 2.50. The van der Waals surface area contributed by atoms with Gasteiger partial charge in [0.25, 0.3) is 0 Å². The van der Waals surface area contributed by atoms with Crippen molar-refractivity contribution in [3.8, 4) is 0 Å². The highest BCUT2D eigenvalue weighted by molar-refractivity contribution is 6.34. The monoisotopic (exact) mass is 293 g/mol. The van der Waals surface area contributed by atoms with Gasteiger partial charge in [-0.1, -0.05) is 11.6 Å². The van der Waals surface area contributed by atoms with E-state index >= 15 is 0 Å². The molecule has 2 bridgehead atoms. The van der Waals surface area contributed by atoms with Crippen molar-refractivity contribution in [2.75, 3.05) is 17.6 Å². The van der Waals surface area contributed by atoms with E-state index in [1.165, 1.54) is 19.3 Å². The molecular weight excluding hydrogens is 274 g/mol. The summed E-state index contributed by atoms with van der Waals surface area (Å²) < 4.78 is 0. The maximum atomic E-state index is 12.4.